The van der Waals surface area contributed by atoms with E-state index in [0.29, 0.717) is 19.4 Å². The van der Waals surface area contributed by atoms with Crippen LogP contribution in [0.1, 0.15) is 17.7 Å². The molecule has 0 radical (unpaired) electrons. The van der Waals surface area contributed by atoms with Crippen molar-refractivity contribution in [1.82, 2.24) is 5.32 Å². The van der Waals surface area contributed by atoms with Crippen molar-refractivity contribution in [2.24, 2.45) is 0 Å². The lowest BCUT2D eigenvalue weighted by Crippen LogP contribution is -2.36. The Morgan fingerprint density at radius 2 is 2.16 bits per heavy atom. The maximum Gasteiger partial charge on any atom is 0.332 e. The molecule has 2 atom stereocenters. The van der Waals surface area contributed by atoms with Gasteiger partial charge in [0.25, 0.3) is 0 Å². The van der Waals surface area contributed by atoms with Crippen molar-refractivity contribution >= 4 is 45.8 Å². The Labute approximate surface area is 128 Å². The van der Waals surface area contributed by atoms with Crippen molar-refractivity contribution in [3.63, 3.8) is 0 Å². The van der Waals surface area contributed by atoms with Gasteiger partial charge in [-0.05, 0) is 54.0 Å². The summed E-state index contributed by atoms with van der Waals surface area (Å²) in [6, 6.07) is 4.09. The fraction of sp³-hybridized carbons (Fsp3) is 0.500. The van der Waals surface area contributed by atoms with E-state index in [-0.39, 0.29) is 5.91 Å². The zero-order valence-corrected chi connectivity index (χ0v) is 13.1. The van der Waals surface area contributed by atoms with Gasteiger partial charge in [-0.2, -0.15) is 0 Å². The second-order valence-electron chi connectivity index (χ2n) is 4.28. The molecule has 1 amide bonds. The first-order valence-electron chi connectivity index (χ1n) is 5.96. The summed E-state index contributed by atoms with van der Waals surface area (Å²) < 4.78 is 6.41. The summed E-state index contributed by atoms with van der Waals surface area (Å²) in [5.41, 5.74) is 0. The molecule has 1 aromatic heterocycles. The quantitative estimate of drug-likeness (QED) is 0.744. The summed E-state index contributed by atoms with van der Waals surface area (Å²) in [7, 11) is 0. The Bertz CT molecular complexity index is 476. The molecule has 1 aliphatic heterocycles. The van der Waals surface area contributed by atoms with Crippen LogP contribution < -0.4 is 5.32 Å². The van der Waals surface area contributed by atoms with Crippen LogP contribution in [-0.2, 0) is 20.7 Å². The molecule has 0 aromatic carbocycles. The minimum absolute atomic E-state index is 0.213. The number of hydrogen-bond acceptors (Lipinski definition) is 4. The highest BCUT2D eigenvalue weighted by atomic mass is 127. The van der Waals surface area contributed by atoms with Gasteiger partial charge in [-0.1, -0.05) is 0 Å². The largest absolute Gasteiger partial charge is 0.479 e. The molecule has 5 nitrogen and oxygen atoms in total. The predicted octanol–water partition coefficient (Wildman–Crippen LogP) is 1.64. The molecule has 104 valence electrons. The second kappa shape index (κ2) is 6.67. The Morgan fingerprint density at radius 1 is 1.42 bits per heavy atom. The maximum atomic E-state index is 11.8. The Hall–Kier alpha value is -0.670. The van der Waals surface area contributed by atoms with Crippen molar-refractivity contribution in [2.75, 3.05) is 6.54 Å². The third-order valence-corrected chi connectivity index (χ3v) is 4.84. The minimum Gasteiger partial charge on any atom is -0.479 e. The molecule has 1 aliphatic rings. The van der Waals surface area contributed by atoms with Gasteiger partial charge < -0.3 is 15.2 Å². The highest BCUT2D eigenvalue weighted by molar-refractivity contribution is 14.1. The topological polar surface area (TPSA) is 75.6 Å². The van der Waals surface area contributed by atoms with E-state index in [0.717, 1.165) is 6.42 Å². The average Bonchev–Trinajstić information content (AvgIpc) is 2.98. The Balaban J connectivity index is 1.72. The molecule has 0 unspecified atom stereocenters. The first kappa shape index (κ1) is 14.7. The molecule has 1 aromatic rings. The Morgan fingerprint density at radius 3 is 2.74 bits per heavy atom. The molecule has 0 bridgehead atoms. The van der Waals surface area contributed by atoms with Crippen molar-refractivity contribution in [3.8, 4) is 0 Å². The maximum absolute atomic E-state index is 11.8. The summed E-state index contributed by atoms with van der Waals surface area (Å²) in [5, 5.41) is 11.6. The number of carboxylic acids is 1. The van der Waals surface area contributed by atoms with Crippen LogP contribution >= 0.6 is 33.9 Å². The summed E-state index contributed by atoms with van der Waals surface area (Å²) in [6.45, 7) is 0.549. The number of carbonyl (C=O) groups is 2. The third-order valence-electron chi connectivity index (χ3n) is 2.89. The Kier molecular flexibility index (Phi) is 5.17. The van der Waals surface area contributed by atoms with Gasteiger partial charge >= 0.3 is 5.97 Å². The van der Waals surface area contributed by atoms with Gasteiger partial charge in [-0.15, -0.1) is 11.3 Å². The molecule has 19 heavy (non-hydrogen) atoms. The SMILES string of the molecule is O=C(NCCc1ccc(I)s1)[C@@H]1CC[C@H](C(=O)O)O1. The molecule has 0 spiro atoms. The van der Waals surface area contributed by atoms with Crippen LogP contribution in [0.25, 0.3) is 0 Å². The fourth-order valence-electron chi connectivity index (χ4n) is 1.92. The summed E-state index contributed by atoms with van der Waals surface area (Å²) in [4.78, 5) is 23.7. The van der Waals surface area contributed by atoms with Gasteiger partial charge in [-0.25, -0.2) is 4.79 Å². The van der Waals surface area contributed by atoms with E-state index in [1.807, 2.05) is 12.1 Å². The molecule has 2 rings (SSSR count). The normalized spacial score (nSPS) is 22.4. The number of aliphatic carboxylic acids is 1. The molecule has 2 N–H and O–H groups in total. The number of nitrogens with one attached hydrogen (secondary N) is 1. The van der Waals surface area contributed by atoms with Crippen LogP contribution in [0.3, 0.4) is 0 Å². The van der Waals surface area contributed by atoms with Crippen LogP contribution in [0, 0.1) is 2.88 Å². The van der Waals surface area contributed by atoms with Crippen molar-refractivity contribution in [3.05, 3.63) is 19.9 Å². The highest BCUT2D eigenvalue weighted by Crippen LogP contribution is 2.20. The van der Waals surface area contributed by atoms with Gasteiger partial charge in [0.05, 0.1) is 2.88 Å². The van der Waals surface area contributed by atoms with Gasteiger partial charge in [0, 0.05) is 11.4 Å². The summed E-state index contributed by atoms with van der Waals surface area (Å²) in [5.74, 6) is -1.21. The van der Waals surface area contributed by atoms with E-state index in [2.05, 4.69) is 27.9 Å². The lowest BCUT2D eigenvalue weighted by atomic mass is 10.2. The zero-order chi connectivity index (χ0) is 13.8. The molecule has 7 heteroatoms. The van der Waals surface area contributed by atoms with Crippen LogP contribution in [0.15, 0.2) is 12.1 Å². The average molecular weight is 395 g/mol. The van der Waals surface area contributed by atoms with Gasteiger partial charge in [0.2, 0.25) is 5.91 Å². The number of thiophene rings is 1. The van der Waals surface area contributed by atoms with E-state index in [4.69, 9.17) is 9.84 Å². The number of hydrogen-bond donors (Lipinski definition) is 2. The van der Waals surface area contributed by atoms with Gasteiger partial charge in [0.1, 0.15) is 6.10 Å². The van der Waals surface area contributed by atoms with Crippen LogP contribution in [0.5, 0.6) is 0 Å². The highest BCUT2D eigenvalue weighted by Gasteiger charge is 2.34. The van der Waals surface area contributed by atoms with E-state index in [1.54, 1.807) is 11.3 Å². The number of carbonyl (C=O) groups excluding carboxylic acids is 1. The van der Waals surface area contributed by atoms with Gasteiger partial charge in [0.15, 0.2) is 6.10 Å². The fourth-order valence-corrected chi connectivity index (χ4v) is 3.68. The summed E-state index contributed by atoms with van der Waals surface area (Å²) >= 11 is 3.96. The lowest BCUT2D eigenvalue weighted by Gasteiger charge is -2.11. The third kappa shape index (κ3) is 4.15. The molecule has 2 heterocycles. The number of amides is 1. The number of halogens is 1. The zero-order valence-electron chi connectivity index (χ0n) is 10.1. The monoisotopic (exact) mass is 395 g/mol. The number of ether oxygens (including phenoxy) is 1. The van der Waals surface area contributed by atoms with E-state index in [1.165, 1.54) is 7.76 Å². The molecule has 1 fully saturated rings. The predicted molar refractivity (Wildman–Crippen MR) is 79.3 cm³/mol. The lowest BCUT2D eigenvalue weighted by molar-refractivity contribution is -0.151. The summed E-state index contributed by atoms with van der Waals surface area (Å²) in [6.07, 6.45) is 0.198. The number of carboxylic acid groups (broad SMARTS) is 1. The van der Waals surface area contributed by atoms with Crippen LogP contribution in [0.2, 0.25) is 0 Å². The van der Waals surface area contributed by atoms with E-state index < -0.39 is 18.2 Å². The van der Waals surface area contributed by atoms with Crippen molar-refractivity contribution in [1.29, 1.82) is 0 Å². The minimum atomic E-state index is -0.997. The van der Waals surface area contributed by atoms with Crippen molar-refractivity contribution in [2.45, 2.75) is 31.5 Å². The van der Waals surface area contributed by atoms with Gasteiger partial charge in [-0.3, -0.25) is 4.79 Å². The standard InChI is InChI=1S/C12H14INO4S/c13-10-4-1-7(19-10)5-6-14-11(15)8-2-3-9(18-8)12(16)17/h1,4,8-9H,2-3,5-6H2,(H,14,15)(H,16,17)/t8-,9+/m0/s1. The molecular weight excluding hydrogens is 381 g/mol. The molecule has 1 saturated heterocycles. The van der Waals surface area contributed by atoms with Crippen molar-refractivity contribution < 1.29 is 19.4 Å². The van der Waals surface area contributed by atoms with E-state index >= 15 is 0 Å². The molecule has 0 aliphatic carbocycles. The molecular formula is C12H14INO4S. The first-order chi connectivity index (χ1) is 9.06. The number of rotatable bonds is 5. The van der Waals surface area contributed by atoms with Crippen LogP contribution in [0.4, 0.5) is 0 Å². The van der Waals surface area contributed by atoms with E-state index in [9.17, 15) is 9.59 Å². The van der Waals surface area contributed by atoms with Crippen LogP contribution in [-0.4, -0.2) is 35.7 Å². The first-order valence-corrected chi connectivity index (χ1v) is 7.86. The smallest absolute Gasteiger partial charge is 0.332 e. The molecule has 0 saturated carbocycles. The second-order valence-corrected chi connectivity index (χ2v) is 7.34.